The van der Waals surface area contributed by atoms with Gasteiger partial charge in [0.25, 0.3) is 0 Å². The largest absolute Gasteiger partial charge is 0.481 e. The summed E-state index contributed by atoms with van der Waals surface area (Å²) in [5.74, 6) is -1.11. The average molecular weight is 288 g/mol. The van der Waals surface area contributed by atoms with E-state index in [2.05, 4.69) is 15.0 Å². The molecule has 110 valence electrons. The third-order valence-corrected chi connectivity index (χ3v) is 3.02. The van der Waals surface area contributed by atoms with E-state index in [-0.39, 0.29) is 24.8 Å². The minimum atomic E-state index is -0.887. The van der Waals surface area contributed by atoms with Gasteiger partial charge in [-0.2, -0.15) is 0 Å². The van der Waals surface area contributed by atoms with Gasteiger partial charge in [-0.15, -0.1) is 0 Å². The molecule has 0 aliphatic heterocycles. The Hall–Kier alpha value is -2.63. The van der Waals surface area contributed by atoms with E-state index < -0.39 is 5.97 Å². The van der Waals surface area contributed by atoms with Gasteiger partial charge in [0, 0.05) is 12.5 Å². The number of aromatic nitrogens is 1. The fourth-order valence-corrected chi connectivity index (χ4v) is 2.01. The van der Waals surface area contributed by atoms with E-state index in [4.69, 9.17) is 5.11 Å². The molecule has 1 aromatic heterocycles. The van der Waals surface area contributed by atoms with E-state index >= 15 is 0 Å². The summed E-state index contributed by atoms with van der Waals surface area (Å²) in [5.41, 5.74) is 1.42. The first-order valence-corrected chi connectivity index (χ1v) is 6.60. The van der Waals surface area contributed by atoms with Crippen molar-refractivity contribution in [2.45, 2.75) is 25.3 Å². The zero-order valence-corrected chi connectivity index (χ0v) is 11.4. The van der Waals surface area contributed by atoms with Crippen LogP contribution in [0.3, 0.4) is 0 Å². The van der Waals surface area contributed by atoms with E-state index in [1.165, 1.54) is 6.26 Å². The van der Waals surface area contributed by atoms with Crippen LogP contribution in [0.15, 0.2) is 47.2 Å². The molecule has 0 saturated carbocycles. The van der Waals surface area contributed by atoms with Gasteiger partial charge >= 0.3 is 5.97 Å². The zero-order chi connectivity index (χ0) is 15.1. The molecule has 21 heavy (non-hydrogen) atoms. The first-order valence-electron chi connectivity index (χ1n) is 6.60. The number of nitrogens with zero attached hydrogens (tertiary/aromatic N) is 1. The summed E-state index contributed by atoms with van der Waals surface area (Å²) in [4.78, 5) is 22.7. The summed E-state index contributed by atoms with van der Waals surface area (Å²) < 4.78 is 4.68. The first kappa shape index (κ1) is 14.8. The number of rotatable bonds is 7. The minimum absolute atomic E-state index is 0.0101. The highest BCUT2D eigenvalue weighted by Gasteiger charge is 2.16. The van der Waals surface area contributed by atoms with Crippen molar-refractivity contribution in [3.05, 3.63) is 53.9 Å². The highest BCUT2D eigenvalue weighted by atomic mass is 16.5. The Morgan fingerprint density at radius 3 is 2.62 bits per heavy atom. The number of carbonyl (C=O) groups excluding carboxylic acids is 1. The van der Waals surface area contributed by atoms with Gasteiger partial charge < -0.3 is 14.9 Å². The predicted molar refractivity (Wildman–Crippen MR) is 74.4 cm³/mol. The Balaban J connectivity index is 2.01. The highest BCUT2D eigenvalue weighted by molar-refractivity contribution is 5.78. The number of amides is 1. The smallest absolute Gasteiger partial charge is 0.303 e. The molecule has 1 amide bonds. The Kier molecular flexibility index (Phi) is 5.09. The Labute approximate surface area is 121 Å². The number of hydrogen-bond donors (Lipinski definition) is 2. The molecule has 2 rings (SSSR count). The number of carboxylic acid groups (broad SMARTS) is 1. The molecule has 0 saturated heterocycles. The quantitative estimate of drug-likeness (QED) is 0.812. The van der Waals surface area contributed by atoms with Gasteiger partial charge in [-0.25, -0.2) is 0 Å². The SMILES string of the molecule is O=C(O)CCC(NC(=O)Cc1ccon1)c1ccccc1. The van der Waals surface area contributed by atoms with Crippen molar-refractivity contribution in [2.75, 3.05) is 0 Å². The van der Waals surface area contributed by atoms with Crippen LogP contribution in [0.25, 0.3) is 0 Å². The molecule has 2 N–H and O–H groups in total. The topological polar surface area (TPSA) is 92.4 Å². The predicted octanol–water partition coefficient (Wildman–Crippen LogP) is 1.94. The van der Waals surface area contributed by atoms with Crippen LogP contribution in [0.1, 0.15) is 30.1 Å². The third-order valence-electron chi connectivity index (χ3n) is 3.02. The number of nitrogens with one attached hydrogen (secondary N) is 1. The monoisotopic (exact) mass is 288 g/mol. The zero-order valence-electron chi connectivity index (χ0n) is 11.4. The van der Waals surface area contributed by atoms with Crippen molar-refractivity contribution < 1.29 is 19.2 Å². The summed E-state index contributed by atoms with van der Waals surface area (Å²) in [5, 5.41) is 15.3. The standard InChI is InChI=1S/C15H16N2O4/c18-14(10-12-8-9-21-17-12)16-13(6-7-15(19)20)11-4-2-1-3-5-11/h1-5,8-9,13H,6-7,10H2,(H,16,18)(H,19,20). The fraction of sp³-hybridized carbons (Fsp3) is 0.267. The lowest BCUT2D eigenvalue weighted by atomic mass is 10.0. The van der Waals surface area contributed by atoms with Crippen LogP contribution in [0.2, 0.25) is 0 Å². The molecule has 0 aliphatic carbocycles. The van der Waals surface area contributed by atoms with Crippen LogP contribution < -0.4 is 5.32 Å². The van der Waals surface area contributed by atoms with Gasteiger partial charge in [0.1, 0.15) is 6.26 Å². The number of hydrogen-bond acceptors (Lipinski definition) is 4. The highest BCUT2D eigenvalue weighted by Crippen LogP contribution is 2.18. The lowest BCUT2D eigenvalue weighted by molar-refractivity contribution is -0.137. The molecule has 0 aliphatic rings. The molecule has 1 atom stereocenters. The van der Waals surface area contributed by atoms with Crippen LogP contribution in [0, 0.1) is 0 Å². The maximum atomic E-state index is 12.0. The number of benzene rings is 1. The van der Waals surface area contributed by atoms with Crippen molar-refractivity contribution in [1.82, 2.24) is 10.5 Å². The van der Waals surface area contributed by atoms with E-state index in [9.17, 15) is 9.59 Å². The van der Waals surface area contributed by atoms with Crippen molar-refractivity contribution in [3.8, 4) is 0 Å². The van der Waals surface area contributed by atoms with Crippen molar-refractivity contribution in [1.29, 1.82) is 0 Å². The van der Waals surface area contributed by atoms with Crippen LogP contribution in [-0.2, 0) is 16.0 Å². The number of carboxylic acids is 1. The lowest BCUT2D eigenvalue weighted by Gasteiger charge is -2.18. The van der Waals surface area contributed by atoms with E-state index in [0.717, 1.165) is 5.56 Å². The van der Waals surface area contributed by atoms with Crippen LogP contribution in [0.4, 0.5) is 0 Å². The van der Waals surface area contributed by atoms with Gasteiger partial charge in [-0.1, -0.05) is 35.5 Å². The summed E-state index contributed by atoms with van der Waals surface area (Å²) >= 11 is 0. The van der Waals surface area contributed by atoms with Gasteiger partial charge in [-0.05, 0) is 12.0 Å². The molecule has 0 bridgehead atoms. The molecule has 1 unspecified atom stereocenters. The Morgan fingerprint density at radius 2 is 2.00 bits per heavy atom. The van der Waals surface area contributed by atoms with Crippen molar-refractivity contribution in [3.63, 3.8) is 0 Å². The second-order valence-electron chi connectivity index (χ2n) is 4.63. The molecular formula is C15H16N2O4. The molecule has 1 heterocycles. The van der Waals surface area contributed by atoms with E-state index in [1.807, 2.05) is 30.3 Å². The fourth-order valence-electron chi connectivity index (χ4n) is 2.01. The molecule has 6 heteroatoms. The summed E-state index contributed by atoms with van der Waals surface area (Å²) in [6.45, 7) is 0. The van der Waals surface area contributed by atoms with Gasteiger partial charge in [0.2, 0.25) is 5.91 Å². The maximum Gasteiger partial charge on any atom is 0.303 e. The molecule has 0 fully saturated rings. The van der Waals surface area contributed by atoms with Gasteiger partial charge in [0.05, 0.1) is 18.2 Å². The second kappa shape index (κ2) is 7.23. The van der Waals surface area contributed by atoms with Crippen molar-refractivity contribution in [2.24, 2.45) is 0 Å². The van der Waals surface area contributed by atoms with E-state index in [1.54, 1.807) is 6.07 Å². The van der Waals surface area contributed by atoms with Crippen LogP contribution in [-0.4, -0.2) is 22.1 Å². The average Bonchev–Trinajstić information content (AvgIpc) is 2.97. The van der Waals surface area contributed by atoms with Crippen LogP contribution >= 0.6 is 0 Å². The Bertz CT molecular complexity index is 581. The summed E-state index contributed by atoms with van der Waals surface area (Å²) in [6, 6.07) is 10.6. The number of carbonyl (C=O) groups is 2. The summed E-state index contributed by atoms with van der Waals surface area (Å²) in [6.07, 6.45) is 1.84. The van der Waals surface area contributed by atoms with Crippen molar-refractivity contribution >= 4 is 11.9 Å². The van der Waals surface area contributed by atoms with Crippen LogP contribution in [0.5, 0.6) is 0 Å². The molecular weight excluding hydrogens is 272 g/mol. The molecule has 0 radical (unpaired) electrons. The third kappa shape index (κ3) is 4.76. The normalized spacial score (nSPS) is 11.8. The summed E-state index contributed by atoms with van der Waals surface area (Å²) in [7, 11) is 0. The molecule has 2 aromatic rings. The number of aliphatic carboxylic acids is 1. The molecule has 0 spiro atoms. The Morgan fingerprint density at radius 1 is 1.24 bits per heavy atom. The second-order valence-corrected chi connectivity index (χ2v) is 4.63. The van der Waals surface area contributed by atoms with Gasteiger partial charge in [-0.3, -0.25) is 9.59 Å². The van der Waals surface area contributed by atoms with E-state index in [0.29, 0.717) is 12.1 Å². The minimum Gasteiger partial charge on any atom is -0.481 e. The van der Waals surface area contributed by atoms with Gasteiger partial charge in [0.15, 0.2) is 0 Å². The lowest BCUT2D eigenvalue weighted by Crippen LogP contribution is -2.30. The molecule has 1 aromatic carbocycles. The first-order chi connectivity index (χ1) is 10.1. The molecule has 6 nitrogen and oxygen atoms in total. The maximum absolute atomic E-state index is 12.0.